The number of aromatic hydroxyl groups is 1. The Hall–Kier alpha value is -0.250. The highest BCUT2D eigenvalue weighted by molar-refractivity contribution is 14.0. The summed E-state index contributed by atoms with van der Waals surface area (Å²) in [4.78, 5) is 0. The summed E-state index contributed by atoms with van der Waals surface area (Å²) < 4.78 is 0. The first-order valence-corrected chi connectivity index (χ1v) is 3.80. The summed E-state index contributed by atoms with van der Waals surface area (Å²) in [5, 5.41) is 9.45. The van der Waals surface area contributed by atoms with Crippen molar-refractivity contribution in [3.63, 3.8) is 0 Å². The molecule has 0 atom stereocenters. The molecule has 0 aliphatic heterocycles. The summed E-state index contributed by atoms with van der Waals surface area (Å²) >= 11 is 0. The monoisotopic (exact) mass is 278 g/mol. The third-order valence-corrected chi connectivity index (χ3v) is 1.71. The van der Waals surface area contributed by atoms with Crippen molar-refractivity contribution in [2.75, 3.05) is 0 Å². The molecule has 0 heterocycles. The van der Waals surface area contributed by atoms with Crippen molar-refractivity contribution in [2.24, 2.45) is 0 Å². The van der Waals surface area contributed by atoms with E-state index in [1.165, 1.54) is 0 Å². The maximum absolute atomic E-state index is 9.45. The number of halogens is 1. The predicted octanol–water partition coefficient (Wildman–Crippen LogP) is 3.31. The fraction of sp³-hybridized carbons (Fsp3) is 0.400. The van der Waals surface area contributed by atoms with Crippen molar-refractivity contribution in [3.05, 3.63) is 29.8 Å². The second-order valence-corrected chi connectivity index (χ2v) is 3.77. The van der Waals surface area contributed by atoms with Crippen molar-refractivity contribution < 1.29 is 5.11 Å². The molecule has 0 aromatic heterocycles. The van der Waals surface area contributed by atoms with Gasteiger partial charge in [-0.3, -0.25) is 0 Å². The Morgan fingerprint density at radius 2 is 1.58 bits per heavy atom. The number of hydrogen-bond donors (Lipinski definition) is 1. The summed E-state index contributed by atoms with van der Waals surface area (Å²) in [5.74, 6) is 0.389. The van der Waals surface area contributed by atoms with Crippen LogP contribution in [0.3, 0.4) is 0 Å². The van der Waals surface area contributed by atoms with Gasteiger partial charge in [0.25, 0.3) is 0 Å². The smallest absolute Gasteiger partial charge is 0.119 e. The van der Waals surface area contributed by atoms with Crippen LogP contribution in [0.15, 0.2) is 24.3 Å². The Labute approximate surface area is 90.8 Å². The maximum Gasteiger partial charge on any atom is 0.119 e. The molecule has 0 spiro atoms. The van der Waals surface area contributed by atoms with E-state index in [0.717, 1.165) is 5.56 Å². The molecule has 1 N–H and O–H groups in total. The Balaban J connectivity index is 0.00000121. The van der Waals surface area contributed by atoms with Crippen molar-refractivity contribution >= 4 is 24.0 Å². The highest BCUT2D eigenvalue weighted by Gasteiger charge is 2.16. The Morgan fingerprint density at radius 3 is 1.92 bits per heavy atom. The van der Waals surface area contributed by atoms with Gasteiger partial charge in [-0.15, -0.1) is 24.0 Å². The van der Waals surface area contributed by atoms with E-state index in [0.29, 0.717) is 5.75 Å². The quantitative estimate of drug-likeness (QED) is 0.722. The predicted molar refractivity (Wildman–Crippen MR) is 62.2 cm³/mol. The van der Waals surface area contributed by atoms with Gasteiger partial charge in [-0.1, -0.05) is 39.0 Å². The lowest BCUT2D eigenvalue weighted by molar-refractivity contribution is 0.447. The van der Waals surface area contributed by atoms with Crippen molar-refractivity contribution in [2.45, 2.75) is 26.2 Å². The number of rotatable bonds is 0. The zero-order valence-electron chi connectivity index (χ0n) is 7.66. The Kier molecular flexibility index (Phi) is 4.03. The molecule has 0 saturated carbocycles. The first-order valence-electron chi connectivity index (χ1n) is 3.80. The molecule has 68 valence electrons. The number of hydrogen-bond acceptors (Lipinski definition) is 1. The minimum atomic E-state index is 0. The average Bonchev–Trinajstić information content (AvgIpc) is 1.86. The van der Waals surface area contributed by atoms with E-state index in [2.05, 4.69) is 20.8 Å². The van der Waals surface area contributed by atoms with Gasteiger partial charge in [0.15, 0.2) is 0 Å². The van der Waals surface area contributed by atoms with Crippen LogP contribution in [0.2, 0.25) is 0 Å². The Morgan fingerprint density at radius 1 is 1.08 bits per heavy atom. The lowest BCUT2D eigenvalue weighted by Gasteiger charge is -2.19. The van der Waals surface area contributed by atoms with Crippen molar-refractivity contribution in [1.82, 2.24) is 0 Å². The van der Waals surface area contributed by atoms with E-state index >= 15 is 0 Å². The molecule has 1 nitrogen and oxygen atoms in total. The largest absolute Gasteiger partial charge is 0.508 e. The molecule has 0 aliphatic carbocycles. The highest BCUT2D eigenvalue weighted by Crippen LogP contribution is 2.29. The van der Waals surface area contributed by atoms with Crippen LogP contribution >= 0.6 is 24.0 Å². The number of phenolic OH excluding ortho intramolecular Hbond substituents is 1. The molecule has 2 heteroatoms. The van der Waals surface area contributed by atoms with Gasteiger partial charge in [0, 0.05) is 0 Å². The van der Waals surface area contributed by atoms with E-state index < -0.39 is 0 Å². The molecular formula is C10H15IO. The summed E-state index contributed by atoms with van der Waals surface area (Å²) in [7, 11) is 0. The lowest BCUT2D eigenvalue weighted by atomic mass is 9.86. The van der Waals surface area contributed by atoms with Crippen molar-refractivity contribution in [1.29, 1.82) is 0 Å². The number of phenols is 1. The van der Waals surface area contributed by atoms with Crippen LogP contribution in [0.25, 0.3) is 0 Å². The maximum atomic E-state index is 9.45. The van der Waals surface area contributed by atoms with Crippen LogP contribution < -0.4 is 0 Å². The summed E-state index contributed by atoms with van der Waals surface area (Å²) in [6.45, 7) is 6.26. The summed E-state index contributed by atoms with van der Waals surface area (Å²) in [6.07, 6.45) is 0. The topological polar surface area (TPSA) is 20.2 Å². The van der Waals surface area contributed by atoms with Crippen LogP contribution in [0.1, 0.15) is 26.3 Å². The molecule has 1 rings (SSSR count). The molecule has 1 aromatic carbocycles. The molecule has 0 fully saturated rings. The van der Waals surface area contributed by atoms with Gasteiger partial charge in [0.05, 0.1) is 0 Å². The molecule has 1 aromatic rings. The SMILES string of the molecule is CC(C)(C)c1ccccc1O.I. The molecule has 12 heavy (non-hydrogen) atoms. The zero-order chi connectivity index (χ0) is 8.48. The third-order valence-electron chi connectivity index (χ3n) is 1.71. The van der Waals surface area contributed by atoms with Crippen LogP contribution in [-0.4, -0.2) is 5.11 Å². The van der Waals surface area contributed by atoms with E-state index in [4.69, 9.17) is 0 Å². The van der Waals surface area contributed by atoms with Gasteiger partial charge in [0.2, 0.25) is 0 Å². The molecule has 0 saturated heterocycles. The second kappa shape index (κ2) is 4.12. The molecule has 0 amide bonds. The van der Waals surface area contributed by atoms with Gasteiger partial charge >= 0.3 is 0 Å². The van der Waals surface area contributed by atoms with Gasteiger partial charge in [-0.05, 0) is 17.0 Å². The van der Waals surface area contributed by atoms with E-state index in [-0.39, 0.29) is 29.4 Å². The minimum Gasteiger partial charge on any atom is -0.508 e. The van der Waals surface area contributed by atoms with E-state index in [1.54, 1.807) is 6.07 Å². The van der Waals surface area contributed by atoms with Crippen LogP contribution in [-0.2, 0) is 5.41 Å². The van der Waals surface area contributed by atoms with E-state index in [9.17, 15) is 5.11 Å². The first kappa shape index (κ1) is 11.8. The molecule has 0 bridgehead atoms. The second-order valence-electron chi connectivity index (χ2n) is 3.77. The summed E-state index contributed by atoms with van der Waals surface area (Å²) in [6, 6.07) is 7.46. The first-order chi connectivity index (χ1) is 5.02. The lowest BCUT2D eigenvalue weighted by Crippen LogP contribution is -2.10. The fourth-order valence-electron chi connectivity index (χ4n) is 1.11. The highest BCUT2D eigenvalue weighted by atomic mass is 127. The standard InChI is InChI=1S/C10H14O.HI/c1-10(2,3)8-6-4-5-7-9(8)11;/h4-7,11H,1-3H3;1H. The van der Waals surface area contributed by atoms with E-state index in [1.807, 2.05) is 18.2 Å². The summed E-state index contributed by atoms with van der Waals surface area (Å²) in [5.41, 5.74) is 1.03. The van der Waals surface area contributed by atoms with Crippen LogP contribution in [0, 0.1) is 0 Å². The van der Waals surface area contributed by atoms with Gasteiger partial charge in [-0.25, -0.2) is 0 Å². The zero-order valence-corrected chi connectivity index (χ0v) is 10.00. The van der Waals surface area contributed by atoms with Crippen LogP contribution in [0.5, 0.6) is 5.75 Å². The Bertz CT molecular complexity index is 250. The molecule has 0 aliphatic rings. The number of para-hydroxylation sites is 1. The molecular weight excluding hydrogens is 263 g/mol. The minimum absolute atomic E-state index is 0. The molecule has 0 unspecified atom stereocenters. The van der Waals surface area contributed by atoms with Gasteiger partial charge in [-0.2, -0.15) is 0 Å². The number of benzene rings is 1. The molecule has 0 radical (unpaired) electrons. The van der Waals surface area contributed by atoms with Crippen LogP contribution in [0.4, 0.5) is 0 Å². The fourth-order valence-corrected chi connectivity index (χ4v) is 1.11. The van der Waals surface area contributed by atoms with Crippen molar-refractivity contribution in [3.8, 4) is 5.75 Å². The van der Waals surface area contributed by atoms with Gasteiger partial charge in [0.1, 0.15) is 5.75 Å². The normalized spacial score (nSPS) is 10.6. The van der Waals surface area contributed by atoms with Gasteiger partial charge < -0.3 is 5.11 Å². The third kappa shape index (κ3) is 2.66. The average molecular weight is 278 g/mol.